The lowest BCUT2D eigenvalue weighted by Crippen LogP contribution is -1.81. The highest BCUT2D eigenvalue weighted by Crippen LogP contribution is 2.30. The van der Waals surface area contributed by atoms with Crippen LogP contribution >= 0.6 is 22.7 Å². The quantitative estimate of drug-likeness (QED) is 0.740. The molecule has 2 aromatic heterocycles. The smallest absolute Gasteiger partial charge is 0.203 e. The van der Waals surface area contributed by atoms with Crippen LogP contribution in [0.1, 0.15) is 0 Å². The third-order valence-electron chi connectivity index (χ3n) is 2.24. The summed E-state index contributed by atoms with van der Waals surface area (Å²) in [6.45, 7) is 0. The SMILES string of the molecule is Nc1nnc(-c2cccc(-c3nnc(N)s3)c2)s1. The Morgan fingerprint density at radius 1 is 0.778 bits per heavy atom. The first-order chi connectivity index (χ1) is 8.72. The predicted molar refractivity (Wildman–Crippen MR) is 73.1 cm³/mol. The van der Waals surface area contributed by atoms with Crippen LogP contribution in [-0.4, -0.2) is 20.4 Å². The number of hydrogen-bond acceptors (Lipinski definition) is 8. The van der Waals surface area contributed by atoms with Crippen molar-refractivity contribution >= 4 is 32.9 Å². The van der Waals surface area contributed by atoms with E-state index in [1.54, 1.807) is 0 Å². The van der Waals surface area contributed by atoms with Crippen molar-refractivity contribution in [1.29, 1.82) is 0 Å². The third-order valence-corrected chi connectivity index (χ3v) is 3.84. The van der Waals surface area contributed by atoms with E-state index in [1.165, 1.54) is 22.7 Å². The van der Waals surface area contributed by atoms with E-state index in [4.69, 9.17) is 11.5 Å². The van der Waals surface area contributed by atoms with Gasteiger partial charge in [-0.25, -0.2) is 0 Å². The van der Waals surface area contributed by atoms with Crippen molar-refractivity contribution in [2.75, 3.05) is 11.5 Å². The molecule has 3 aromatic rings. The zero-order chi connectivity index (χ0) is 12.5. The van der Waals surface area contributed by atoms with Crippen LogP contribution in [0.25, 0.3) is 21.1 Å². The Bertz CT molecular complexity index is 634. The van der Waals surface area contributed by atoms with Crippen molar-refractivity contribution in [1.82, 2.24) is 20.4 Å². The zero-order valence-corrected chi connectivity index (χ0v) is 10.7. The van der Waals surface area contributed by atoms with Crippen LogP contribution in [-0.2, 0) is 0 Å². The number of benzene rings is 1. The van der Waals surface area contributed by atoms with Gasteiger partial charge in [0.15, 0.2) is 0 Å². The second-order valence-electron chi connectivity index (χ2n) is 3.47. The van der Waals surface area contributed by atoms with Crippen LogP contribution in [0, 0.1) is 0 Å². The fourth-order valence-electron chi connectivity index (χ4n) is 1.49. The fourth-order valence-corrected chi connectivity index (χ4v) is 2.70. The van der Waals surface area contributed by atoms with E-state index in [0.717, 1.165) is 21.1 Å². The first-order valence-corrected chi connectivity index (χ1v) is 6.64. The summed E-state index contributed by atoms with van der Waals surface area (Å²) in [5, 5.41) is 18.1. The molecule has 2 heterocycles. The van der Waals surface area contributed by atoms with Crippen molar-refractivity contribution in [2.45, 2.75) is 0 Å². The zero-order valence-electron chi connectivity index (χ0n) is 9.07. The molecule has 0 radical (unpaired) electrons. The summed E-state index contributed by atoms with van der Waals surface area (Å²) in [7, 11) is 0. The second-order valence-corrected chi connectivity index (χ2v) is 5.49. The largest absolute Gasteiger partial charge is 0.374 e. The Hall–Kier alpha value is -2.06. The molecule has 0 aliphatic rings. The van der Waals surface area contributed by atoms with Crippen LogP contribution in [0.5, 0.6) is 0 Å². The van der Waals surface area contributed by atoms with Gasteiger partial charge < -0.3 is 11.5 Å². The Labute approximate surface area is 110 Å². The summed E-state index contributed by atoms with van der Waals surface area (Å²) in [6.07, 6.45) is 0. The lowest BCUT2D eigenvalue weighted by Gasteiger charge is -1.98. The van der Waals surface area contributed by atoms with E-state index < -0.39 is 0 Å². The molecule has 4 N–H and O–H groups in total. The highest BCUT2D eigenvalue weighted by atomic mass is 32.1. The molecule has 0 aliphatic carbocycles. The molecule has 0 bridgehead atoms. The van der Waals surface area contributed by atoms with Gasteiger partial charge in [0, 0.05) is 11.1 Å². The Balaban J connectivity index is 2.04. The van der Waals surface area contributed by atoms with Gasteiger partial charge in [0.25, 0.3) is 0 Å². The lowest BCUT2D eigenvalue weighted by molar-refractivity contribution is 1.10. The summed E-state index contributed by atoms with van der Waals surface area (Å²) in [4.78, 5) is 0. The highest BCUT2D eigenvalue weighted by Gasteiger charge is 2.08. The van der Waals surface area contributed by atoms with Gasteiger partial charge in [-0.15, -0.1) is 20.4 Å². The normalized spacial score (nSPS) is 10.7. The van der Waals surface area contributed by atoms with Gasteiger partial charge in [-0.3, -0.25) is 0 Å². The molecule has 0 unspecified atom stereocenters. The average Bonchev–Trinajstić information content (AvgIpc) is 2.98. The first-order valence-electron chi connectivity index (χ1n) is 5.01. The maximum absolute atomic E-state index is 5.58. The van der Waals surface area contributed by atoms with Crippen molar-refractivity contribution in [3.8, 4) is 21.1 Å². The molecule has 90 valence electrons. The minimum atomic E-state index is 0.454. The van der Waals surface area contributed by atoms with E-state index in [1.807, 2.05) is 24.3 Å². The fraction of sp³-hybridized carbons (Fsp3) is 0. The number of nitrogen functional groups attached to an aromatic ring is 2. The van der Waals surface area contributed by atoms with E-state index in [-0.39, 0.29) is 0 Å². The Morgan fingerprint density at radius 2 is 1.28 bits per heavy atom. The molecule has 0 saturated heterocycles. The van der Waals surface area contributed by atoms with Crippen LogP contribution in [0.2, 0.25) is 0 Å². The van der Waals surface area contributed by atoms with Crippen LogP contribution in [0.15, 0.2) is 24.3 Å². The van der Waals surface area contributed by atoms with E-state index in [2.05, 4.69) is 20.4 Å². The van der Waals surface area contributed by atoms with Crippen LogP contribution < -0.4 is 11.5 Å². The minimum Gasteiger partial charge on any atom is -0.374 e. The van der Waals surface area contributed by atoms with E-state index in [0.29, 0.717) is 10.3 Å². The molecule has 8 heteroatoms. The van der Waals surface area contributed by atoms with Crippen molar-refractivity contribution < 1.29 is 0 Å². The van der Waals surface area contributed by atoms with Gasteiger partial charge in [0.05, 0.1) is 0 Å². The van der Waals surface area contributed by atoms with Gasteiger partial charge in [-0.1, -0.05) is 40.9 Å². The summed E-state index contributed by atoms with van der Waals surface area (Å²) < 4.78 is 0. The molecule has 0 amide bonds. The van der Waals surface area contributed by atoms with Crippen LogP contribution in [0.3, 0.4) is 0 Å². The molecule has 1 aromatic carbocycles. The van der Waals surface area contributed by atoms with Crippen molar-refractivity contribution in [2.24, 2.45) is 0 Å². The number of aromatic nitrogens is 4. The van der Waals surface area contributed by atoms with Crippen molar-refractivity contribution in [3.63, 3.8) is 0 Å². The Morgan fingerprint density at radius 3 is 1.67 bits per heavy atom. The molecule has 0 atom stereocenters. The number of rotatable bonds is 2. The van der Waals surface area contributed by atoms with E-state index >= 15 is 0 Å². The van der Waals surface area contributed by atoms with Crippen molar-refractivity contribution in [3.05, 3.63) is 24.3 Å². The first kappa shape index (κ1) is 11.1. The highest BCUT2D eigenvalue weighted by molar-refractivity contribution is 7.18. The standard InChI is InChI=1S/C10H8N6S2/c11-9-15-13-7(17-9)5-2-1-3-6(4-5)8-14-16-10(12)18-8/h1-4H,(H2,11,15)(H2,12,16). The number of nitrogens with zero attached hydrogens (tertiary/aromatic N) is 4. The van der Waals surface area contributed by atoms with E-state index in [9.17, 15) is 0 Å². The summed E-state index contributed by atoms with van der Waals surface area (Å²) >= 11 is 2.70. The maximum Gasteiger partial charge on any atom is 0.203 e. The monoisotopic (exact) mass is 276 g/mol. The molecule has 0 spiro atoms. The number of hydrogen-bond donors (Lipinski definition) is 2. The maximum atomic E-state index is 5.58. The molecule has 0 aliphatic heterocycles. The Kier molecular flexibility index (Phi) is 2.65. The van der Waals surface area contributed by atoms with Gasteiger partial charge in [-0.05, 0) is 6.07 Å². The lowest BCUT2D eigenvalue weighted by atomic mass is 10.1. The summed E-state index contributed by atoms with van der Waals surface area (Å²) in [5.41, 5.74) is 13.1. The van der Waals surface area contributed by atoms with Crippen LogP contribution in [0.4, 0.5) is 10.3 Å². The second kappa shape index (κ2) is 4.31. The molecule has 18 heavy (non-hydrogen) atoms. The third kappa shape index (κ3) is 2.03. The average molecular weight is 276 g/mol. The molecular formula is C10H8N6S2. The molecule has 0 fully saturated rings. The molecule has 3 rings (SSSR count). The summed E-state index contributed by atoms with van der Waals surface area (Å²) in [6, 6.07) is 7.81. The topological polar surface area (TPSA) is 104 Å². The molecule has 6 nitrogen and oxygen atoms in total. The molecule has 0 saturated carbocycles. The molecular weight excluding hydrogens is 268 g/mol. The number of anilines is 2. The van der Waals surface area contributed by atoms with Gasteiger partial charge in [0.2, 0.25) is 10.3 Å². The minimum absolute atomic E-state index is 0.454. The van der Waals surface area contributed by atoms with Gasteiger partial charge >= 0.3 is 0 Å². The van der Waals surface area contributed by atoms with Gasteiger partial charge in [0.1, 0.15) is 10.0 Å². The predicted octanol–water partition coefficient (Wildman–Crippen LogP) is 1.89. The number of nitrogens with two attached hydrogens (primary N) is 2. The summed E-state index contributed by atoms with van der Waals surface area (Å²) in [5.74, 6) is 0. The van der Waals surface area contributed by atoms with Gasteiger partial charge in [-0.2, -0.15) is 0 Å².